The zero-order chi connectivity index (χ0) is 73.0. The Morgan fingerprint density at radius 3 is 0.615 bits per heavy atom. The van der Waals surface area contributed by atoms with Crippen molar-refractivity contribution in [2.75, 3.05) is 0 Å². The number of hydrogen-bond donors (Lipinski definition) is 6. The van der Waals surface area contributed by atoms with Crippen LogP contribution in [-0.2, 0) is 0 Å². The highest BCUT2D eigenvalue weighted by Gasteiger charge is 2.13. The number of hydrogen-bond acceptors (Lipinski definition) is 6. The Labute approximate surface area is 630 Å². The summed E-state index contributed by atoms with van der Waals surface area (Å²) in [6.45, 7) is 52.2. The predicted molar refractivity (Wildman–Crippen MR) is 472 cm³/mol. The van der Waals surface area contributed by atoms with E-state index in [1.54, 1.807) is 0 Å². The molecule has 6 N–H and O–H groups in total. The fourth-order valence-corrected chi connectivity index (χ4v) is 10.1. The summed E-state index contributed by atoms with van der Waals surface area (Å²) >= 11 is 0. The Hall–Kier alpha value is -10.2. The topological polar surface area (TPSA) is 172 Å². The van der Waals surface area contributed by atoms with Crippen LogP contribution in [0, 0.1) is 41.5 Å². The SMILES string of the molecule is C.C.C.C.C.C.CC.CC.CC.CC.CC.CC.CC.CC.CC.CC.Cc1ccc(-c2nc3ccc(-c4ccc5nc(C)[nH]c5c4)cc3[nH]2)cc1.Cc1ccc(-c2nc3ccc(-c4ccc5nc(C)[nH]c5c4)cc3[nH]2)cc1.Cc1cccc(-c2nc3ccc(-c4ccc5nc(C)[nH]c5c4)cc3[nH]2)c1. The molecular formula is C92H138N12. The van der Waals surface area contributed by atoms with Gasteiger partial charge in [-0.2, -0.15) is 0 Å². The van der Waals surface area contributed by atoms with Gasteiger partial charge in [-0.25, -0.2) is 29.9 Å². The summed E-state index contributed by atoms with van der Waals surface area (Å²) in [6.07, 6.45) is 0. The molecule has 0 saturated heterocycles. The van der Waals surface area contributed by atoms with E-state index in [0.717, 1.165) is 151 Å². The first-order chi connectivity index (χ1) is 48.0. The van der Waals surface area contributed by atoms with Gasteiger partial charge < -0.3 is 29.9 Å². The third kappa shape index (κ3) is 26.3. The number of nitrogens with zero attached hydrogens (tertiary/aromatic N) is 6. The fraction of sp³-hybridized carbons (Fsp3) is 0.348. The average Bonchev–Trinajstić information content (AvgIpc) is 1.65. The van der Waals surface area contributed by atoms with E-state index in [9.17, 15) is 0 Å². The molecule has 0 atom stereocenters. The van der Waals surface area contributed by atoms with Crippen molar-refractivity contribution in [3.8, 4) is 67.5 Å². The Balaban J connectivity index is -0.000000626. The van der Waals surface area contributed by atoms with Gasteiger partial charge in [0.2, 0.25) is 0 Å². The summed E-state index contributed by atoms with van der Waals surface area (Å²) in [5.74, 6) is 5.51. The Bertz CT molecular complexity index is 4500. The van der Waals surface area contributed by atoms with Gasteiger partial charge in [0.25, 0.3) is 0 Å². The number of aromatic amines is 6. The van der Waals surface area contributed by atoms with Gasteiger partial charge in [-0.3, -0.25) is 0 Å². The predicted octanol–water partition coefficient (Wildman–Crippen LogP) is 30.2. The van der Waals surface area contributed by atoms with E-state index in [0.29, 0.717) is 0 Å². The van der Waals surface area contributed by atoms with Crippen molar-refractivity contribution in [2.45, 2.75) is 225 Å². The summed E-state index contributed by atoms with van der Waals surface area (Å²) in [5.41, 5.74) is 26.2. The van der Waals surface area contributed by atoms with Crippen molar-refractivity contribution >= 4 is 66.2 Å². The number of aryl methyl sites for hydroxylation is 6. The van der Waals surface area contributed by atoms with Crippen LogP contribution in [0.1, 0.15) is 217 Å². The van der Waals surface area contributed by atoms with Crippen molar-refractivity contribution in [3.05, 3.63) is 216 Å². The van der Waals surface area contributed by atoms with Crippen LogP contribution in [0.4, 0.5) is 0 Å². The van der Waals surface area contributed by atoms with Crippen molar-refractivity contribution in [2.24, 2.45) is 0 Å². The molecule has 0 aliphatic heterocycles. The molecule has 15 rings (SSSR count). The van der Waals surface area contributed by atoms with Gasteiger partial charge in [-0.05, 0) is 154 Å². The summed E-state index contributed by atoms with van der Waals surface area (Å²) in [7, 11) is 0. The molecule has 0 fully saturated rings. The molecule has 104 heavy (non-hydrogen) atoms. The molecule has 12 nitrogen and oxygen atoms in total. The van der Waals surface area contributed by atoms with Gasteiger partial charge in [0, 0.05) is 16.7 Å². The normalized spacial score (nSPS) is 9.17. The summed E-state index contributed by atoms with van der Waals surface area (Å²) in [5, 5.41) is 0. The van der Waals surface area contributed by atoms with Crippen LogP contribution in [0.15, 0.2) is 182 Å². The van der Waals surface area contributed by atoms with Gasteiger partial charge in [0.1, 0.15) is 34.9 Å². The van der Waals surface area contributed by atoms with Crippen LogP contribution < -0.4 is 0 Å². The largest absolute Gasteiger partial charge is 0.342 e. The maximum atomic E-state index is 4.74. The second-order valence-electron chi connectivity index (χ2n) is 20.2. The second kappa shape index (κ2) is 52.7. The molecular weight excluding hydrogens is 1270 g/mol. The van der Waals surface area contributed by atoms with E-state index in [2.05, 4.69) is 248 Å². The third-order valence-electron chi connectivity index (χ3n) is 14.2. The molecule has 0 aliphatic rings. The highest BCUT2D eigenvalue weighted by molar-refractivity contribution is 5.91. The summed E-state index contributed by atoms with van der Waals surface area (Å²) in [4.78, 5) is 47.9. The highest BCUT2D eigenvalue weighted by atomic mass is 14.9. The van der Waals surface area contributed by atoms with Gasteiger partial charge in [-0.1, -0.05) is 303 Å². The molecule has 0 radical (unpaired) electrons. The van der Waals surface area contributed by atoms with Gasteiger partial charge in [-0.15, -0.1) is 0 Å². The van der Waals surface area contributed by atoms with Crippen LogP contribution in [0.5, 0.6) is 0 Å². The number of benzene rings is 9. The molecule has 0 unspecified atom stereocenters. The molecule has 6 heterocycles. The molecule has 0 spiro atoms. The number of imidazole rings is 6. The number of nitrogens with one attached hydrogen (secondary N) is 6. The van der Waals surface area contributed by atoms with Crippen LogP contribution in [0.2, 0.25) is 0 Å². The van der Waals surface area contributed by atoms with Gasteiger partial charge in [0.05, 0.1) is 66.2 Å². The van der Waals surface area contributed by atoms with Crippen molar-refractivity contribution in [3.63, 3.8) is 0 Å². The van der Waals surface area contributed by atoms with Crippen molar-refractivity contribution in [1.29, 1.82) is 0 Å². The lowest BCUT2D eigenvalue weighted by molar-refractivity contribution is 1.17. The maximum absolute atomic E-state index is 4.74. The second-order valence-corrected chi connectivity index (χ2v) is 20.2. The maximum Gasteiger partial charge on any atom is 0.138 e. The number of fused-ring (bicyclic) bond motifs is 6. The minimum Gasteiger partial charge on any atom is -0.342 e. The van der Waals surface area contributed by atoms with Crippen LogP contribution in [0.25, 0.3) is 134 Å². The molecule has 15 aromatic rings. The van der Waals surface area contributed by atoms with Gasteiger partial charge >= 0.3 is 0 Å². The van der Waals surface area contributed by atoms with Crippen molar-refractivity contribution in [1.82, 2.24) is 59.8 Å². The van der Waals surface area contributed by atoms with Crippen molar-refractivity contribution < 1.29 is 0 Å². The molecule has 12 heteroatoms. The minimum atomic E-state index is 0. The Morgan fingerprint density at radius 1 is 0.183 bits per heavy atom. The minimum absolute atomic E-state index is 0. The quantitative estimate of drug-likeness (QED) is 0.0967. The monoisotopic (exact) mass is 1410 g/mol. The molecule has 0 amide bonds. The van der Waals surface area contributed by atoms with E-state index in [4.69, 9.17) is 15.0 Å². The molecule has 0 aliphatic carbocycles. The zero-order valence-corrected chi connectivity index (χ0v) is 64.0. The number of H-pyrrole nitrogens is 6. The van der Waals surface area contributed by atoms with E-state index in [1.165, 1.54) is 16.7 Å². The first-order valence-corrected chi connectivity index (χ1v) is 36.1. The fourth-order valence-electron chi connectivity index (χ4n) is 10.1. The number of rotatable bonds is 6. The lowest BCUT2D eigenvalue weighted by atomic mass is 10.0. The van der Waals surface area contributed by atoms with Gasteiger partial charge in [0.15, 0.2) is 0 Å². The molecule has 6 aromatic heterocycles. The van der Waals surface area contributed by atoms with E-state index in [1.807, 2.05) is 159 Å². The molecule has 0 saturated carbocycles. The zero-order valence-electron chi connectivity index (χ0n) is 64.0. The first kappa shape index (κ1) is 100. The standard InChI is InChI=1S/3C22H18N4.10C2H6.6CH4/c2*1-13-3-5-15(6-4-13)22-25-19-10-8-17(12-21(19)26-22)16-7-9-18-20(11-16)24-14(2)23-18;1-13-4-3-5-17(10-13)22-25-19-9-7-16(12-21(19)26-22)15-6-8-18-20(11-15)24-14(2)23-18;10*1-2;;;;;;/h3*3-12H,1-2H3,(H,23,24)(H,25,26);10*1-2H3;6*1H4. The smallest absolute Gasteiger partial charge is 0.138 e. The molecule has 0 bridgehead atoms. The summed E-state index contributed by atoms with van der Waals surface area (Å²) in [6, 6.07) is 63.2. The van der Waals surface area contributed by atoms with Crippen LogP contribution >= 0.6 is 0 Å². The molecule has 566 valence electrons. The lowest BCUT2D eigenvalue weighted by Gasteiger charge is -2.01. The summed E-state index contributed by atoms with van der Waals surface area (Å²) < 4.78 is 0. The Kier molecular flexibility index (Phi) is 50.8. The van der Waals surface area contributed by atoms with E-state index >= 15 is 0 Å². The molecule has 9 aromatic carbocycles. The number of aromatic nitrogens is 12. The highest BCUT2D eigenvalue weighted by Crippen LogP contribution is 2.32. The van der Waals surface area contributed by atoms with E-state index in [-0.39, 0.29) is 44.6 Å². The lowest BCUT2D eigenvalue weighted by Crippen LogP contribution is -1.81. The average molecular weight is 1410 g/mol. The first-order valence-electron chi connectivity index (χ1n) is 36.1. The Morgan fingerprint density at radius 2 is 0.385 bits per heavy atom. The van der Waals surface area contributed by atoms with E-state index < -0.39 is 0 Å². The van der Waals surface area contributed by atoms with Crippen LogP contribution in [-0.4, -0.2) is 59.8 Å². The third-order valence-corrected chi connectivity index (χ3v) is 14.2. The van der Waals surface area contributed by atoms with Crippen LogP contribution in [0.3, 0.4) is 0 Å².